The van der Waals surface area contributed by atoms with E-state index in [1.165, 1.54) is 9.80 Å². The summed E-state index contributed by atoms with van der Waals surface area (Å²) in [6, 6.07) is 5.70. The molecule has 2 fully saturated rings. The number of carbonyl (C=O) groups excluding carboxylic acids is 3. The summed E-state index contributed by atoms with van der Waals surface area (Å²) in [4.78, 5) is 52.9. The van der Waals surface area contributed by atoms with E-state index in [1.54, 1.807) is 0 Å². The zero-order valence-corrected chi connectivity index (χ0v) is 17.9. The lowest BCUT2D eigenvalue weighted by molar-refractivity contribution is -0.148. The Balaban J connectivity index is 1.66. The lowest BCUT2D eigenvalue weighted by Gasteiger charge is -2.32. The molecule has 0 aliphatic carbocycles. The van der Waals surface area contributed by atoms with Crippen LogP contribution < -0.4 is 11.1 Å². The number of benzene rings is 1. The first-order valence-corrected chi connectivity index (χ1v) is 10.9. The topological polar surface area (TPSA) is 153 Å². The first-order chi connectivity index (χ1) is 15.3. The fraction of sp³-hybridized carbons (Fsp3) is 0.545. The number of carboxylic acid groups (broad SMARTS) is 1. The van der Waals surface area contributed by atoms with Crippen molar-refractivity contribution >= 4 is 23.7 Å². The van der Waals surface area contributed by atoms with E-state index in [0.29, 0.717) is 45.2 Å². The summed E-state index contributed by atoms with van der Waals surface area (Å²) >= 11 is 0. The molecule has 3 amide bonds. The minimum Gasteiger partial charge on any atom is -0.480 e. The Morgan fingerprint density at radius 1 is 1.03 bits per heavy atom. The number of aliphatic carboxylic acids is 1. The number of hydrogen-bond donors (Lipinski definition) is 4. The largest absolute Gasteiger partial charge is 0.480 e. The molecular formula is C22H30N4O6. The van der Waals surface area contributed by atoms with Gasteiger partial charge in [-0.05, 0) is 37.7 Å². The molecule has 4 atom stereocenters. The highest BCUT2D eigenvalue weighted by Crippen LogP contribution is 2.26. The van der Waals surface area contributed by atoms with Gasteiger partial charge >= 0.3 is 5.97 Å². The zero-order valence-electron chi connectivity index (χ0n) is 17.9. The van der Waals surface area contributed by atoms with E-state index in [2.05, 4.69) is 5.32 Å². The number of aliphatic hydroxyl groups is 1. The number of rotatable bonds is 8. The van der Waals surface area contributed by atoms with E-state index in [4.69, 9.17) is 15.9 Å². The molecule has 5 N–H and O–H groups in total. The molecule has 2 heterocycles. The highest BCUT2D eigenvalue weighted by Gasteiger charge is 2.43. The van der Waals surface area contributed by atoms with Gasteiger partial charge in [-0.2, -0.15) is 0 Å². The third kappa shape index (κ3) is 5.25. The average Bonchev–Trinajstić information content (AvgIpc) is 3.46. The van der Waals surface area contributed by atoms with Crippen LogP contribution in [0.3, 0.4) is 0 Å². The van der Waals surface area contributed by atoms with Crippen LogP contribution in [-0.4, -0.2) is 87.6 Å². The minimum atomic E-state index is -1.43. The van der Waals surface area contributed by atoms with Crippen LogP contribution in [0.15, 0.2) is 30.3 Å². The summed E-state index contributed by atoms with van der Waals surface area (Å²) in [6.45, 7) is 0.0301. The highest BCUT2D eigenvalue weighted by molar-refractivity contribution is 5.94. The van der Waals surface area contributed by atoms with Crippen molar-refractivity contribution in [3.63, 3.8) is 0 Å². The molecule has 0 aromatic heterocycles. The van der Waals surface area contributed by atoms with Crippen molar-refractivity contribution in [2.24, 2.45) is 5.73 Å². The number of carbonyl (C=O) groups is 4. The van der Waals surface area contributed by atoms with E-state index >= 15 is 0 Å². The smallest absolute Gasteiger partial charge is 0.328 e. The van der Waals surface area contributed by atoms with Crippen LogP contribution in [0.4, 0.5) is 0 Å². The molecule has 0 bridgehead atoms. The van der Waals surface area contributed by atoms with Crippen molar-refractivity contribution < 1.29 is 29.4 Å². The predicted octanol–water partition coefficient (Wildman–Crippen LogP) is -0.900. The molecule has 0 radical (unpaired) electrons. The van der Waals surface area contributed by atoms with Crippen molar-refractivity contribution in [2.45, 2.75) is 56.3 Å². The van der Waals surface area contributed by atoms with Gasteiger partial charge in [0.25, 0.3) is 0 Å². The van der Waals surface area contributed by atoms with Gasteiger partial charge in [-0.15, -0.1) is 0 Å². The Labute approximate surface area is 186 Å². The third-order valence-electron chi connectivity index (χ3n) is 6.07. The summed E-state index contributed by atoms with van der Waals surface area (Å²) in [5, 5.41) is 20.5. The van der Waals surface area contributed by atoms with Crippen LogP contribution in [0.2, 0.25) is 0 Å². The Hall–Kier alpha value is -2.98. The zero-order chi connectivity index (χ0) is 23.3. The summed E-state index contributed by atoms with van der Waals surface area (Å²) in [6.07, 6.45) is 2.50. The second-order valence-corrected chi connectivity index (χ2v) is 8.26. The van der Waals surface area contributed by atoms with Crippen LogP contribution >= 0.6 is 0 Å². The van der Waals surface area contributed by atoms with Gasteiger partial charge in [-0.3, -0.25) is 14.4 Å². The molecule has 174 valence electrons. The molecule has 2 saturated heterocycles. The molecule has 2 aliphatic heterocycles. The lowest BCUT2D eigenvalue weighted by atomic mass is 10.0. The van der Waals surface area contributed by atoms with Gasteiger partial charge in [-0.25, -0.2) is 4.79 Å². The maximum Gasteiger partial charge on any atom is 0.328 e. The van der Waals surface area contributed by atoms with E-state index in [9.17, 15) is 19.2 Å². The van der Waals surface area contributed by atoms with Gasteiger partial charge in [0.2, 0.25) is 17.7 Å². The molecule has 3 rings (SSSR count). The van der Waals surface area contributed by atoms with Crippen LogP contribution in [0, 0.1) is 0 Å². The molecular weight excluding hydrogens is 416 g/mol. The van der Waals surface area contributed by atoms with Gasteiger partial charge in [0, 0.05) is 13.1 Å². The Morgan fingerprint density at radius 2 is 1.66 bits per heavy atom. The molecule has 10 nitrogen and oxygen atoms in total. The van der Waals surface area contributed by atoms with Crippen molar-refractivity contribution in [3.05, 3.63) is 35.9 Å². The van der Waals surface area contributed by atoms with Gasteiger partial charge in [0.1, 0.15) is 18.1 Å². The summed E-state index contributed by atoms with van der Waals surface area (Å²) in [5.74, 6) is -2.59. The summed E-state index contributed by atoms with van der Waals surface area (Å²) < 4.78 is 0. The van der Waals surface area contributed by atoms with Crippen LogP contribution in [0.1, 0.15) is 31.2 Å². The second kappa shape index (κ2) is 10.6. The number of nitrogens with zero attached hydrogens (tertiary/aromatic N) is 2. The van der Waals surface area contributed by atoms with Gasteiger partial charge in [-0.1, -0.05) is 30.3 Å². The standard InChI is InChI=1S/C22H30N4O6/c23-15(12-14-6-2-1-3-7-14)20(29)26-11-5-9-18(26)21(30)25-10-4-8-17(25)19(28)24-16(13-27)22(31)32/h1-3,6-7,15-18,27H,4-5,8-13,23H2,(H,24,28)(H,31,32). The van der Waals surface area contributed by atoms with Crippen LogP contribution in [0.5, 0.6) is 0 Å². The quantitative estimate of drug-likeness (QED) is 0.404. The van der Waals surface area contributed by atoms with E-state index < -0.39 is 42.7 Å². The number of hydrogen-bond acceptors (Lipinski definition) is 6. The van der Waals surface area contributed by atoms with Crippen LogP contribution in [0.25, 0.3) is 0 Å². The number of nitrogens with two attached hydrogens (primary N) is 1. The van der Waals surface area contributed by atoms with Gasteiger partial charge in [0.15, 0.2) is 0 Å². The Bertz CT molecular complexity index is 848. The summed E-state index contributed by atoms with van der Waals surface area (Å²) in [5.41, 5.74) is 7.09. The average molecular weight is 447 g/mol. The molecule has 10 heteroatoms. The fourth-order valence-corrected chi connectivity index (χ4v) is 4.40. The van der Waals surface area contributed by atoms with Gasteiger partial charge in [0.05, 0.1) is 12.6 Å². The molecule has 0 spiro atoms. The summed E-state index contributed by atoms with van der Waals surface area (Å²) in [7, 11) is 0. The molecule has 1 aromatic rings. The maximum absolute atomic E-state index is 13.3. The number of aliphatic hydroxyl groups excluding tert-OH is 1. The van der Waals surface area contributed by atoms with Crippen LogP contribution in [-0.2, 0) is 25.6 Å². The first-order valence-electron chi connectivity index (χ1n) is 10.9. The van der Waals surface area contributed by atoms with Crippen molar-refractivity contribution in [1.82, 2.24) is 15.1 Å². The molecule has 4 unspecified atom stereocenters. The SMILES string of the molecule is NC(Cc1ccccc1)C(=O)N1CCCC1C(=O)N1CCCC1C(=O)NC(CO)C(=O)O. The first kappa shape index (κ1) is 23.7. The number of nitrogens with one attached hydrogen (secondary N) is 1. The molecule has 0 saturated carbocycles. The lowest BCUT2D eigenvalue weighted by Crippen LogP contribution is -2.56. The van der Waals surface area contributed by atoms with Crippen molar-refractivity contribution in [3.8, 4) is 0 Å². The monoisotopic (exact) mass is 446 g/mol. The fourth-order valence-electron chi connectivity index (χ4n) is 4.40. The second-order valence-electron chi connectivity index (χ2n) is 8.26. The number of amides is 3. The van der Waals surface area contributed by atoms with Crippen molar-refractivity contribution in [1.29, 1.82) is 0 Å². The molecule has 2 aliphatic rings. The Morgan fingerprint density at radius 3 is 2.28 bits per heavy atom. The van der Waals surface area contributed by atoms with Crippen molar-refractivity contribution in [2.75, 3.05) is 19.7 Å². The van der Waals surface area contributed by atoms with E-state index in [1.807, 2.05) is 30.3 Å². The van der Waals surface area contributed by atoms with E-state index in [0.717, 1.165) is 5.56 Å². The third-order valence-corrected chi connectivity index (χ3v) is 6.07. The maximum atomic E-state index is 13.3. The predicted molar refractivity (Wildman–Crippen MR) is 114 cm³/mol. The normalized spacial score (nSPS) is 22.4. The molecule has 32 heavy (non-hydrogen) atoms. The van der Waals surface area contributed by atoms with E-state index in [-0.39, 0.29) is 11.8 Å². The number of likely N-dealkylation sites (tertiary alicyclic amines) is 2. The molecule has 1 aromatic carbocycles. The number of carboxylic acids is 1. The van der Waals surface area contributed by atoms with Gasteiger partial charge < -0.3 is 31.1 Å². The minimum absolute atomic E-state index is 0.295. The highest BCUT2D eigenvalue weighted by atomic mass is 16.4. The Kier molecular flexibility index (Phi) is 7.81.